The molecule has 0 aliphatic heterocycles. The maximum atomic E-state index is 12.3. The van der Waals surface area contributed by atoms with E-state index in [-0.39, 0.29) is 11.4 Å². The predicted octanol–water partition coefficient (Wildman–Crippen LogP) is 0.875. The third-order valence-electron chi connectivity index (χ3n) is 3.24. The van der Waals surface area contributed by atoms with Gasteiger partial charge in [-0.05, 0) is 12.5 Å². The number of aryl methyl sites for hydroxylation is 2. The van der Waals surface area contributed by atoms with Crippen molar-refractivity contribution < 1.29 is 18.3 Å². The number of carboxylic acid groups (broad SMARTS) is 1. The van der Waals surface area contributed by atoms with Crippen LogP contribution < -0.4 is 4.72 Å². The largest absolute Gasteiger partial charge is 0.481 e. The highest BCUT2D eigenvalue weighted by atomic mass is 32.2. The van der Waals surface area contributed by atoms with Crippen molar-refractivity contribution >= 4 is 16.0 Å². The number of carboxylic acids is 1. The molecule has 1 aromatic heterocycles. The molecule has 8 heteroatoms. The zero-order valence-electron chi connectivity index (χ0n) is 12.2. The van der Waals surface area contributed by atoms with E-state index in [2.05, 4.69) is 9.82 Å². The van der Waals surface area contributed by atoms with E-state index in [1.54, 1.807) is 44.3 Å². The number of benzene rings is 1. The second kappa shape index (κ2) is 6.29. The molecule has 0 aliphatic carbocycles. The third kappa shape index (κ3) is 3.52. The average Bonchev–Trinajstić information content (AvgIpc) is 2.79. The van der Waals surface area contributed by atoms with Crippen LogP contribution in [0.2, 0.25) is 0 Å². The van der Waals surface area contributed by atoms with Crippen LogP contribution in [0.15, 0.2) is 41.4 Å². The SMILES string of the molecule is Cc1nn(C)cc1S(=O)(=O)NCC(C(=O)O)c1ccccc1. The summed E-state index contributed by atoms with van der Waals surface area (Å²) in [6.07, 6.45) is 1.38. The van der Waals surface area contributed by atoms with Crippen molar-refractivity contribution in [3.8, 4) is 0 Å². The molecule has 7 nitrogen and oxygen atoms in total. The van der Waals surface area contributed by atoms with Gasteiger partial charge in [0, 0.05) is 19.8 Å². The highest BCUT2D eigenvalue weighted by Gasteiger charge is 2.25. The van der Waals surface area contributed by atoms with Gasteiger partial charge in [0.2, 0.25) is 10.0 Å². The molecule has 0 amide bonds. The molecule has 0 bridgehead atoms. The van der Waals surface area contributed by atoms with Crippen LogP contribution in [0.4, 0.5) is 0 Å². The monoisotopic (exact) mass is 323 g/mol. The van der Waals surface area contributed by atoms with E-state index in [0.29, 0.717) is 11.3 Å². The fraction of sp³-hybridized carbons (Fsp3) is 0.286. The van der Waals surface area contributed by atoms with Crippen molar-refractivity contribution in [3.05, 3.63) is 47.8 Å². The Labute approximate surface area is 128 Å². The highest BCUT2D eigenvalue weighted by Crippen LogP contribution is 2.17. The van der Waals surface area contributed by atoms with Gasteiger partial charge >= 0.3 is 5.97 Å². The van der Waals surface area contributed by atoms with Crippen molar-refractivity contribution in [1.82, 2.24) is 14.5 Å². The molecule has 0 fully saturated rings. The Morgan fingerprint density at radius 3 is 2.50 bits per heavy atom. The zero-order chi connectivity index (χ0) is 16.3. The van der Waals surface area contributed by atoms with Gasteiger partial charge in [-0.3, -0.25) is 9.48 Å². The standard InChI is InChI=1S/C14H17N3O4S/c1-10-13(9-17(2)16-10)22(20,21)15-8-12(14(18)19)11-6-4-3-5-7-11/h3-7,9,12,15H,8H2,1-2H3,(H,18,19). The first-order valence-electron chi connectivity index (χ1n) is 6.59. The maximum absolute atomic E-state index is 12.3. The molecule has 0 spiro atoms. The predicted molar refractivity (Wildman–Crippen MR) is 80.0 cm³/mol. The molecule has 2 aromatic rings. The van der Waals surface area contributed by atoms with Crippen molar-refractivity contribution in [2.45, 2.75) is 17.7 Å². The normalized spacial score (nSPS) is 13.0. The number of carbonyl (C=O) groups is 1. The van der Waals surface area contributed by atoms with Gasteiger partial charge in [0.1, 0.15) is 4.90 Å². The molecular formula is C14H17N3O4S. The minimum absolute atomic E-state index is 0.0483. The topological polar surface area (TPSA) is 101 Å². The fourth-order valence-corrected chi connectivity index (χ4v) is 3.41. The molecule has 1 aromatic carbocycles. The quantitative estimate of drug-likeness (QED) is 0.821. The van der Waals surface area contributed by atoms with Crippen LogP contribution in [0.3, 0.4) is 0 Å². The Bertz CT molecular complexity index is 769. The van der Waals surface area contributed by atoms with E-state index < -0.39 is 21.9 Å². The van der Waals surface area contributed by atoms with E-state index in [0.717, 1.165) is 0 Å². The summed E-state index contributed by atoms with van der Waals surface area (Å²) in [5, 5.41) is 13.3. The summed E-state index contributed by atoms with van der Waals surface area (Å²) in [5.74, 6) is -2.04. The molecule has 118 valence electrons. The first-order valence-corrected chi connectivity index (χ1v) is 8.07. The van der Waals surface area contributed by atoms with E-state index in [4.69, 9.17) is 0 Å². The number of nitrogens with zero attached hydrogens (tertiary/aromatic N) is 2. The van der Waals surface area contributed by atoms with Crippen LogP contribution in [0, 0.1) is 6.92 Å². The summed E-state index contributed by atoms with van der Waals surface area (Å²) in [6.45, 7) is 1.36. The van der Waals surface area contributed by atoms with E-state index in [1.165, 1.54) is 10.9 Å². The van der Waals surface area contributed by atoms with Gasteiger partial charge in [0.15, 0.2) is 0 Å². The lowest BCUT2D eigenvalue weighted by molar-refractivity contribution is -0.138. The Balaban J connectivity index is 2.19. The van der Waals surface area contributed by atoms with Crippen LogP contribution in [0.25, 0.3) is 0 Å². The van der Waals surface area contributed by atoms with Crippen LogP contribution >= 0.6 is 0 Å². The summed E-state index contributed by atoms with van der Waals surface area (Å²) >= 11 is 0. The van der Waals surface area contributed by atoms with Gasteiger partial charge in [-0.1, -0.05) is 30.3 Å². The van der Waals surface area contributed by atoms with E-state index in [9.17, 15) is 18.3 Å². The van der Waals surface area contributed by atoms with Gasteiger partial charge < -0.3 is 5.11 Å². The van der Waals surface area contributed by atoms with Crippen LogP contribution in [-0.4, -0.2) is 35.8 Å². The number of aromatic nitrogens is 2. The summed E-state index contributed by atoms with van der Waals surface area (Å²) in [7, 11) is -2.18. The second-order valence-corrected chi connectivity index (χ2v) is 6.64. The number of rotatable bonds is 6. The number of hydrogen-bond donors (Lipinski definition) is 2. The van der Waals surface area contributed by atoms with Crippen LogP contribution in [0.1, 0.15) is 17.2 Å². The first-order chi connectivity index (χ1) is 10.3. The van der Waals surface area contributed by atoms with Crippen LogP contribution in [0.5, 0.6) is 0 Å². The molecule has 0 radical (unpaired) electrons. The van der Waals surface area contributed by atoms with Crippen molar-refractivity contribution in [1.29, 1.82) is 0 Å². The molecule has 0 aliphatic rings. The smallest absolute Gasteiger partial charge is 0.312 e. The molecule has 0 saturated heterocycles. The Hall–Kier alpha value is -2.19. The average molecular weight is 323 g/mol. The van der Waals surface area contributed by atoms with Crippen molar-refractivity contribution in [2.24, 2.45) is 7.05 Å². The lowest BCUT2D eigenvalue weighted by atomic mass is 10.00. The fourth-order valence-electron chi connectivity index (χ4n) is 2.15. The minimum Gasteiger partial charge on any atom is -0.481 e. The Morgan fingerprint density at radius 2 is 2.00 bits per heavy atom. The first kappa shape index (κ1) is 16.2. The number of hydrogen-bond acceptors (Lipinski definition) is 4. The Kier molecular flexibility index (Phi) is 4.62. The lowest BCUT2D eigenvalue weighted by Crippen LogP contribution is -2.32. The Morgan fingerprint density at radius 1 is 1.36 bits per heavy atom. The molecule has 1 heterocycles. The molecule has 1 atom stereocenters. The third-order valence-corrected chi connectivity index (χ3v) is 4.76. The molecule has 2 rings (SSSR count). The minimum atomic E-state index is -3.80. The summed E-state index contributed by atoms with van der Waals surface area (Å²) in [5.41, 5.74) is 0.905. The van der Waals surface area contributed by atoms with Crippen molar-refractivity contribution in [3.63, 3.8) is 0 Å². The molecule has 1 unspecified atom stereocenters. The maximum Gasteiger partial charge on any atom is 0.312 e. The molecule has 0 saturated carbocycles. The van der Waals surface area contributed by atoms with Gasteiger partial charge in [-0.15, -0.1) is 0 Å². The van der Waals surface area contributed by atoms with Gasteiger partial charge in [-0.25, -0.2) is 13.1 Å². The number of nitrogens with one attached hydrogen (secondary N) is 1. The van der Waals surface area contributed by atoms with Crippen LogP contribution in [-0.2, 0) is 21.9 Å². The second-order valence-electron chi connectivity index (χ2n) is 4.91. The van der Waals surface area contributed by atoms with Crippen molar-refractivity contribution in [2.75, 3.05) is 6.54 Å². The van der Waals surface area contributed by atoms with E-state index >= 15 is 0 Å². The lowest BCUT2D eigenvalue weighted by Gasteiger charge is -2.13. The zero-order valence-corrected chi connectivity index (χ0v) is 13.0. The number of sulfonamides is 1. The van der Waals surface area contributed by atoms with E-state index in [1.807, 2.05) is 0 Å². The molecule has 22 heavy (non-hydrogen) atoms. The summed E-state index contributed by atoms with van der Waals surface area (Å²) in [4.78, 5) is 11.4. The highest BCUT2D eigenvalue weighted by molar-refractivity contribution is 7.89. The summed E-state index contributed by atoms with van der Waals surface area (Å²) in [6, 6.07) is 8.51. The van der Waals surface area contributed by atoms with Gasteiger partial charge in [0.25, 0.3) is 0 Å². The summed E-state index contributed by atoms with van der Waals surface area (Å²) < 4.78 is 28.3. The van der Waals surface area contributed by atoms with Gasteiger partial charge in [-0.2, -0.15) is 5.10 Å². The van der Waals surface area contributed by atoms with Gasteiger partial charge in [0.05, 0.1) is 11.6 Å². The molecule has 2 N–H and O–H groups in total. The molecular weight excluding hydrogens is 306 g/mol. The number of aliphatic carboxylic acids is 1.